The van der Waals surface area contributed by atoms with Crippen LogP contribution in [0.1, 0.15) is 6.42 Å². The van der Waals surface area contributed by atoms with Gasteiger partial charge in [0.1, 0.15) is 0 Å². The molecule has 0 aliphatic rings. The first-order valence-electron chi connectivity index (χ1n) is 4.66. The fraction of sp³-hybridized carbons (Fsp3) is 0.455. The molecular weight excluding hydrogens is 228 g/mol. The number of ether oxygens (including phenoxy) is 2. The summed E-state index contributed by atoms with van der Waals surface area (Å²) in [5.41, 5.74) is 0.268. The van der Waals surface area contributed by atoms with Crippen LogP contribution in [0, 0.1) is 0 Å². The van der Waals surface area contributed by atoms with Crippen molar-refractivity contribution in [1.29, 1.82) is 0 Å². The average Bonchev–Trinajstić information content (AvgIpc) is 2.26. The molecule has 0 saturated carbocycles. The van der Waals surface area contributed by atoms with Gasteiger partial charge in [0.15, 0.2) is 0 Å². The summed E-state index contributed by atoms with van der Waals surface area (Å²) in [6.45, 7) is 7.05. The molecule has 6 nitrogen and oxygen atoms in total. The Morgan fingerprint density at radius 3 is 1.71 bits per heavy atom. The van der Waals surface area contributed by atoms with Gasteiger partial charge in [0.25, 0.3) is 0 Å². The Morgan fingerprint density at radius 2 is 1.47 bits per heavy atom. The van der Waals surface area contributed by atoms with E-state index in [9.17, 15) is 9.59 Å². The second kappa shape index (κ2) is 10.8. The second-order valence-electron chi connectivity index (χ2n) is 2.99. The summed E-state index contributed by atoms with van der Waals surface area (Å²) in [7, 11) is 2.95. The predicted octanol–water partition coefficient (Wildman–Crippen LogP) is 0.937. The third-order valence-electron chi connectivity index (χ3n) is 1.53. The van der Waals surface area contributed by atoms with Gasteiger partial charge < -0.3 is 19.7 Å². The summed E-state index contributed by atoms with van der Waals surface area (Å²) in [6, 6.07) is 0. The molecule has 0 amide bonds. The van der Waals surface area contributed by atoms with Crippen molar-refractivity contribution >= 4 is 11.9 Å². The van der Waals surface area contributed by atoms with Crippen LogP contribution in [0.3, 0.4) is 0 Å². The van der Waals surface area contributed by atoms with Crippen molar-refractivity contribution in [2.45, 2.75) is 6.42 Å². The molecule has 6 heteroatoms. The molecule has 0 heterocycles. The molecule has 2 N–H and O–H groups in total. The first-order valence-corrected chi connectivity index (χ1v) is 4.66. The lowest BCUT2D eigenvalue weighted by atomic mass is 10.2. The summed E-state index contributed by atoms with van der Waals surface area (Å²) in [5, 5.41) is 16.4. The zero-order valence-corrected chi connectivity index (χ0v) is 10.1. The maximum absolute atomic E-state index is 10.1. The van der Waals surface area contributed by atoms with E-state index in [0.29, 0.717) is 13.0 Å². The summed E-state index contributed by atoms with van der Waals surface area (Å²) in [5.74, 6) is -1.96. The van der Waals surface area contributed by atoms with Crippen LogP contribution >= 0.6 is 0 Å². The van der Waals surface area contributed by atoms with Crippen molar-refractivity contribution in [1.82, 2.24) is 0 Å². The van der Waals surface area contributed by atoms with Gasteiger partial charge in [-0.1, -0.05) is 13.2 Å². The van der Waals surface area contributed by atoms with Crippen LogP contribution in [0.15, 0.2) is 24.3 Å². The van der Waals surface area contributed by atoms with Crippen molar-refractivity contribution < 1.29 is 29.3 Å². The Balaban J connectivity index is 0. The SMILES string of the molecule is C=C(CCOC)C(=O)O.C=C(COC)C(=O)O. The third-order valence-corrected chi connectivity index (χ3v) is 1.53. The van der Waals surface area contributed by atoms with E-state index in [4.69, 9.17) is 10.2 Å². The minimum absolute atomic E-state index is 0.0764. The van der Waals surface area contributed by atoms with Crippen molar-refractivity contribution in [2.24, 2.45) is 0 Å². The maximum atomic E-state index is 10.1. The quantitative estimate of drug-likeness (QED) is 0.649. The molecule has 0 aromatic carbocycles. The van der Waals surface area contributed by atoms with E-state index in [2.05, 4.69) is 22.6 Å². The molecular formula is C11H18O6. The highest BCUT2D eigenvalue weighted by Gasteiger charge is 2.01. The number of hydrogen-bond acceptors (Lipinski definition) is 4. The molecule has 0 unspecified atom stereocenters. The Kier molecular flexibility index (Phi) is 11.3. The predicted molar refractivity (Wildman–Crippen MR) is 61.9 cm³/mol. The van der Waals surface area contributed by atoms with Gasteiger partial charge in [-0.05, 0) is 0 Å². The van der Waals surface area contributed by atoms with Crippen molar-refractivity contribution in [3.05, 3.63) is 24.3 Å². The average molecular weight is 246 g/mol. The molecule has 98 valence electrons. The Bertz CT molecular complexity index is 282. The molecule has 0 bridgehead atoms. The van der Waals surface area contributed by atoms with Gasteiger partial charge in [-0.3, -0.25) is 0 Å². The fourth-order valence-electron chi connectivity index (χ4n) is 0.568. The lowest BCUT2D eigenvalue weighted by molar-refractivity contribution is -0.134. The van der Waals surface area contributed by atoms with E-state index < -0.39 is 11.9 Å². The van der Waals surface area contributed by atoms with Gasteiger partial charge in [-0.2, -0.15) is 0 Å². The Morgan fingerprint density at radius 1 is 1.00 bits per heavy atom. The molecule has 0 saturated heterocycles. The van der Waals surface area contributed by atoms with Crippen molar-refractivity contribution in [3.8, 4) is 0 Å². The monoisotopic (exact) mass is 246 g/mol. The van der Waals surface area contributed by atoms with E-state index in [-0.39, 0.29) is 17.8 Å². The first-order chi connectivity index (χ1) is 7.86. The largest absolute Gasteiger partial charge is 0.478 e. The van der Waals surface area contributed by atoms with Gasteiger partial charge in [-0.15, -0.1) is 0 Å². The van der Waals surface area contributed by atoms with Crippen LogP contribution in [-0.4, -0.2) is 49.6 Å². The highest BCUT2D eigenvalue weighted by atomic mass is 16.5. The Hall–Kier alpha value is -1.66. The highest BCUT2D eigenvalue weighted by molar-refractivity contribution is 5.86. The van der Waals surface area contributed by atoms with Crippen LogP contribution in [0.25, 0.3) is 0 Å². The minimum Gasteiger partial charge on any atom is -0.478 e. The molecule has 0 fully saturated rings. The van der Waals surface area contributed by atoms with Gasteiger partial charge >= 0.3 is 11.9 Å². The second-order valence-corrected chi connectivity index (χ2v) is 2.99. The van der Waals surface area contributed by atoms with E-state index in [0.717, 1.165) is 0 Å². The fourth-order valence-corrected chi connectivity index (χ4v) is 0.568. The van der Waals surface area contributed by atoms with Gasteiger partial charge in [0.2, 0.25) is 0 Å². The smallest absolute Gasteiger partial charge is 0.333 e. The lowest BCUT2D eigenvalue weighted by Crippen LogP contribution is -2.04. The molecule has 0 aliphatic carbocycles. The number of aliphatic carboxylic acids is 2. The highest BCUT2D eigenvalue weighted by Crippen LogP contribution is 1.96. The van der Waals surface area contributed by atoms with Gasteiger partial charge in [-0.25, -0.2) is 9.59 Å². The summed E-state index contributed by atoms with van der Waals surface area (Å²) < 4.78 is 9.12. The number of rotatable bonds is 7. The van der Waals surface area contributed by atoms with Crippen LogP contribution < -0.4 is 0 Å². The molecule has 0 spiro atoms. The van der Waals surface area contributed by atoms with E-state index in [1.807, 2.05) is 0 Å². The maximum Gasteiger partial charge on any atom is 0.333 e. The third kappa shape index (κ3) is 12.3. The number of methoxy groups -OCH3 is 2. The topological polar surface area (TPSA) is 93.1 Å². The van der Waals surface area contributed by atoms with Crippen molar-refractivity contribution in [2.75, 3.05) is 27.4 Å². The summed E-state index contributed by atoms with van der Waals surface area (Å²) in [6.07, 6.45) is 0.395. The number of carboxylic acids is 2. The zero-order valence-electron chi connectivity index (χ0n) is 10.1. The van der Waals surface area contributed by atoms with E-state index in [1.54, 1.807) is 0 Å². The van der Waals surface area contributed by atoms with Crippen LogP contribution in [0.4, 0.5) is 0 Å². The van der Waals surface area contributed by atoms with E-state index >= 15 is 0 Å². The van der Waals surface area contributed by atoms with E-state index in [1.165, 1.54) is 14.2 Å². The molecule has 0 radical (unpaired) electrons. The first kappa shape index (κ1) is 17.7. The number of carboxylic acid groups (broad SMARTS) is 2. The van der Waals surface area contributed by atoms with Crippen molar-refractivity contribution in [3.63, 3.8) is 0 Å². The Labute approximate surface area is 100 Å². The molecule has 0 atom stereocenters. The molecule has 0 aromatic rings. The van der Waals surface area contributed by atoms with Crippen LogP contribution in [0.2, 0.25) is 0 Å². The number of hydrogen-bond donors (Lipinski definition) is 2. The molecule has 0 aromatic heterocycles. The molecule has 0 aliphatic heterocycles. The van der Waals surface area contributed by atoms with Gasteiger partial charge in [0, 0.05) is 26.2 Å². The van der Waals surface area contributed by atoms with Crippen LogP contribution in [-0.2, 0) is 19.1 Å². The van der Waals surface area contributed by atoms with Gasteiger partial charge in [0.05, 0.1) is 18.8 Å². The molecule has 17 heavy (non-hydrogen) atoms. The standard InChI is InChI=1S/C6H10O3.C5H8O3/c1-5(6(7)8)3-4-9-2;1-4(3-8-2)5(6)7/h1,3-4H2,2H3,(H,7,8);1,3H2,2H3,(H,6,7). The molecule has 0 rings (SSSR count). The lowest BCUT2D eigenvalue weighted by Gasteiger charge is -1.96. The summed E-state index contributed by atoms with van der Waals surface area (Å²) >= 11 is 0. The normalized spacial score (nSPS) is 8.82. The summed E-state index contributed by atoms with van der Waals surface area (Å²) in [4.78, 5) is 20.0. The number of carbonyl (C=O) groups is 2. The van der Waals surface area contributed by atoms with Crippen LogP contribution in [0.5, 0.6) is 0 Å². The zero-order chi connectivity index (χ0) is 13.8. The minimum atomic E-state index is -1.01.